The van der Waals surface area contributed by atoms with E-state index in [1.54, 1.807) is 11.3 Å². The number of amides is 1. The third-order valence-electron chi connectivity index (χ3n) is 2.64. The molecule has 0 saturated heterocycles. The maximum absolute atomic E-state index is 11.9. The first-order chi connectivity index (χ1) is 7.44. The van der Waals surface area contributed by atoms with Crippen LogP contribution in [0.3, 0.4) is 0 Å². The highest BCUT2D eigenvalue weighted by Gasteiger charge is 2.21. The Bertz CT molecular complexity index is 333. The molecule has 1 amide bonds. The van der Waals surface area contributed by atoms with Gasteiger partial charge >= 0.3 is 0 Å². The van der Waals surface area contributed by atoms with Crippen LogP contribution in [0.4, 0.5) is 5.69 Å². The average molecular weight is 240 g/mol. The molecule has 0 aliphatic heterocycles. The van der Waals surface area contributed by atoms with Gasteiger partial charge < -0.3 is 10.6 Å². The molecule has 1 aromatic heterocycles. The van der Waals surface area contributed by atoms with E-state index >= 15 is 0 Å². The van der Waals surface area contributed by atoms with Crippen LogP contribution < -0.4 is 10.6 Å². The second kappa shape index (κ2) is 5.34. The number of nitrogens with one attached hydrogen (secondary N) is 2. The first-order valence-electron chi connectivity index (χ1n) is 5.55. The quantitative estimate of drug-likeness (QED) is 0.831. The average Bonchev–Trinajstić information content (AvgIpc) is 2.69. The highest BCUT2D eigenvalue weighted by atomic mass is 32.1. The fraction of sp³-hybridized carbons (Fsp3) is 0.583. The second-order valence-electron chi connectivity index (χ2n) is 4.60. The Kier molecular flexibility index (Phi) is 4.35. The largest absolute Gasteiger partial charge is 0.373 e. The van der Waals surface area contributed by atoms with Crippen molar-refractivity contribution in [2.24, 2.45) is 0 Å². The Morgan fingerprint density at radius 2 is 2.25 bits per heavy atom. The molecule has 0 aliphatic carbocycles. The summed E-state index contributed by atoms with van der Waals surface area (Å²) in [5.74, 6) is 0.0399. The molecule has 1 aromatic rings. The van der Waals surface area contributed by atoms with Crippen molar-refractivity contribution in [1.82, 2.24) is 5.32 Å². The smallest absolute Gasteiger partial charge is 0.242 e. The van der Waals surface area contributed by atoms with Gasteiger partial charge in [-0.05, 0) is 38.6 Å². The SMILES string of the molecule is CCC(C)(C)NC(=O)C(C)Nc1ccsc1. The molecule has 3 nitrogen and oxygen atoms in total. The minimum absolute atomic E-state index is 0.0399. The van der Waals surface area contributed by atoms with E-state index in [-0.39, 0.29) is 17.5 Å². The summed E-state index contributed by atoms with van der Waals surface area (Å²) in [6.07, 6.45) is 0.921. The van der Waals surface area contributed by atoms with Crippen LogP contribution in [0.2, 0.25) is 0 Å². The predicted octanol–water partition coefficient (Wildman–Crippen LogP) is 2.85. The lowest BCUT2D eigenvalue weighted by molar-refractivity contribution is -0.123. The molecule has 0 saturated carbocycles. The van der Waals surface area contributed by atoms with Crippen molar-refractivity contribution >= 4 is 22.9 Å². The van der Waals surface area contributed by atoms with Gasteiger partial charge in [0.15, 0.2) is 0 Å². The van der Waals surface area contributed by atoms with Gasteiger partial charge in [0.2, 0.25) is 5.91 Å². The van der Waals surface area contributed by atoms with Crippen LogP contribution in [0.25, 0.3) is 0 Å². The van der Waals surface area contributed by atoms with Gasteiger partial charge in [0.25, 0.3) is 0 Å². The van der Waals surface area contributed by atoms with E-state index in [4.69, 9.17) is 0 Å². The third kappa shape index (κ3) is 3.85. The standard InChI is InChI=1S/C12H20N2OS/c1-5-12(3,4)14-11(15)9(2)13-10-6-7-16-8-10/h6-9,13H,5H2,1-4H3,(H,14,15). The molecular formula is C12H20N2OS. The molecule has 1 rings (SSSR count). The van der Waals surface area contributed by atoms with Crippen molar-refractivity contribution in [3.63, 3.8) is 0 Å². The van der Waals surface area contributed by atoms with Crippen molar-refractivity contribution in [2.45, 2.75) is 45.7 Å². The Morgan fingerprint density at radius 1 is 1.56 bits per heavy atom. The Morgan fingerprint density at radius 3 is 2.75 bits per heavy atom. The predicted molar refractivity (Wildman–Crippen MR) is 69.9 cm³/mol. The van der Waals surface area contributed by atoms with Crippen LogP contribution in [0.1, 0.15) is 34.1 Å². The summed E-state index contributed by atoms with van der Waals surface area (Å²) < 4.78 is 0. The summed E-state index contributed by atoms with van der Waals surface area (Å²) in [4.78, 5) is 11.9. The van der Waals surface area contributed by atoms with Crippen LogP contribution in [0.5, 0.6) is 0 Å². The van der Waals surface area contributed by atoms with Gasteiger partial charge in [-0.3, -0.25) is 4.79 Å². The molecule has 0 aliphatic rings. The van der Waals surface area contributed by atoms with Gasteiger partial charge in [0.1, 0.15) is 6.04 Å². The van der Waals surface area contributed by atoms with Crippen molar-refractivity contribution in [3.05, 3.63) is 16.8 Å². The number of carbonyl (C=O) groups is 1. The highest BCUT2D eigenvalue weighted by molar-refractivity contribution is 7.08. The molecule has 2 N–H and O–H groups in total. The molecule has 16 heavy (non-hydrogen) atoms. The molecule has 0 bridgehead atoms. The fourth-order valence-corrected chi connectivity index (χ4v) is 1.79. The molecule has 0 aromatic carbocycles. The van der Waals surface area contributed by atoms with Crippen LogP contribution in [0, 0.1) is 0 Å². The van der Waals surface area contributed by atoms with Gasteiger partial charge in [-0.25, -0.2) is 0 Å². The summed E-state index contributed by atoms with van der Waals surface area (Å²) in [6.45, 7) is 8.00. The number of hydrogen-bond acceptors (Lipinski definition) is 3. The highest BCUT2D eigenvalue weighted by Crippen LogP contribution is 2.14. The number of hydrogen-bond donors (Lipinski definition) is 2. The number of rotatable bonds is 5. The fourth-order valence-electron chi connectivity index (χ4n) is 1.19. The maximum atomic E-state index is 11.9. The van der Waals surface area contributed by atoms with Gasteiger partial charge in [0.05, 0.1) is 0 Å². The van der Waals surface area contributed by atoms with Crippen LogP contribution in [-0.2, 0) is 4.79 Å². The zero-order chi connectivity index (χ0) is 12.2. The first kappa shape index (κ1) is 13.0. The zero-order valence-electron chi connectivity index (χ0n) is 10.3. The Labute approximate surface area is 101 Å². The Balaban J connectivity index is 2.48. The third-order valence-corrected chi connectivity index (χ3v) is 3.33. The minimum Gasteiger partial charge on any atom is -0.373 e. The lowest BCUT2D eigenvalue weighted by Crippen LogP contribution is -2.48. The van der Waals surface area contributed by atoms with Gasteiger partial charge in [-0.1, -0.05) is 6.92 Å². The van der Waals surface area contributed by atoms with Crippen molar-refractivity contribution in [2.75, 3.05) is 5.32 Å². The summed E-state index contributed by atoms with van der Waals surface area (Å²) >= 11 is 1.62. The summed E-state index contributed by atoms with van der Waals surface area (Å²) in [6, 6.07) is 1.76. The lowest BCUT2D eigenvalue weighted by Gasteiger charge is -2.26. The van der Waals surface area contributed by atoms with Gasteiger partial charge in [-0.15, -0.1) is 0 Å². The summed E-state index contributed by atoms with van der Waals surface area (Å²) in [5, 5.41) is 10.2. The van der Waals surface area contributed by atoms with E-state index < -0.39 is 0 Å². The normalized spacial score (nSPS) is 13.2. The summed E-state index contributed by atoms with van der Waals surface area (Å²) in [7, 11) is 0. The van der Waals surface area contributed by atoms with Crippen LogP contribution in [-0.4, -0.2) is 17.5 Å². The number of anilines is 1. The van der Waals surface area contributed by atoms with E-state index in [0.29, 0.717) is 0 Å². The molecule has 0 fully saturated rings. The first-order valence-corrected chi connectivity index (χ1v) is 6.49. The molecule has 4 heteroatoms. The molecule has 0 spiro atoms. The van der Waals surface area contributed by atoms with E-state index in [9.17, 15) is 4.79 Å². The monoisotopic (exact) mass is 240 g/mol. The zero-order valence-corrected chi connectivity index (χ0v) is 11.1. The van der Waals surface area contributed by atoms with Crippen molar-refractivity contribution in [3.8, 4) is 0 Å². The van der Waals surface area contributed by atoms with E-state index in [1.165, 1.54) is 0 Å². The van der Waals surface area contributed by atoms with Crippen molar-refractivity contribution in [1.29, 1.82) is 0 Å². The molecule has 90 valence electrons. The van der Waals surface area contributed by atoms with Crippen molar-refractivity contribution < 1.29 is 4.79 Å². The van der Waals surface area contributed by atoms with E-state index in [1.807, 2.05) is 37.6 Å². The van der Waals surface area contributed by atoms with Gasteiger partial charge in [0, 0.05) is 16.6 Å². The molecule has 1 unspecified atom stereocenters. The number of thiophene rings is 1. The van der Waals surface area contributed by atoms with Crippen LogP contribution in [0.15, 0.2) is 16.8 Å². The summed E-state index contributed by atoms with van der Waals surface area (Å²) in [5.41, 5.74) is 0.865. The minimum atomic E-state index is -0.208. The lowest BCUT2D eigenvalue weighted by atomic mass is 10.0. The van der Waals surface area contributed by atoms with E-state index in [0.717, 1.165) is 12.1 Å². The molecule has 1 heterocycles. The van der Waals surface area contributed by atoms with Gasteiger partial charge in [-0.2, -0.15) is 11.3 Å². The topological polar surface area (TPSA) is 41.1 Å². The molecule has 0 radical (unpaired) electrons. The molecular weight excluding hydrogens is 220 g/mol. The Hall–Kier alpha value is -1.03. The number of carbonyl (C=O) groups excluding carboxylic acids is 1. The van der Waals surface area contributed by atoms with E-state index in [2.05, 4.69) is 17.6 Å². The maximum Gasteiger partial charge on any atom is 0.242 e. The second-order valence-corrected chi connectivity index (χ2v) is 5.38. The molecule has 1 atom stereocenters. The van der Waals surface area contributed by atoms with Crippen LogP contribution >= 0.6 is 11.3 Å².